The highest BCUT2D eigenvalue weighted by molar-refractivity contribution is 6.04. The van der Waals surface area contributed by atoms with Gasteiger partial charge >= 0.3 is 5.97 Å². The fourth-order valence-electron chi connectivity index (χ4n) is 4.17. The molecule has 0 spiro atoms. The van der Waals surface area contributed by atoms with Gasteiger partial charge in [-0.3, -0.25) is 14.4 Å². The van der Waals surface area contributed by atoms with Gasteiger partial charge in [-0.25, -0.2) is 0 Å². The van der Waals surface area contributed by atoms with Crippen LogP contribution in [0.15, 0.2) is 65.7 Å². The number of hydrogen-bond acceptors (Lipinski definition) is 4. The van der Waals surface area contributed by atoms with Crippen molar-refractivity contribution in [2.45, 2.75) is 33.1 Å². The quantitative estimate of drug-likeness (QED) is 0.315. The molecule has 0 bridgehead atoms. The Bertz CT molecular complexity index is 1350. The van der Waals surface area contributed by atoms with Crippen LogP contribution in [-0.2, 0) is 11.2 Å². The van der Waals surface area contributed by atoms with E-state index >= 15 is 0 Å². The Labute approximate surface area is 192 Å². The van der Waals surface area contributed by atoms with Crippen molar-refractivity contribution in [3.8, 4) is 17.3 Å². The Morgan fingerprint density at radius 3 is 2.45 bits per heavy atom. The monoisotopic (exact) mass is 442 g/mol. The number of para-hydroxylation sites is 2. The topological polar surface area (TPSA) is 95.0 Å². The Kier molecular flexibility index (Phi) is 6.18. The Hall–Kier alpha value is -4.06. The standard InChI is InChI=1S/C27H26N2O4/c1-17-13-18(2)15-20(14-17)29-24-11-4-3-9-21(24)22(27(29)33)16-28-23-10-5-7-19(26(23)32)8-6-12-25(30)31/h3-5,7,9-11,13-16,32-33H,6,8,12H2,1-2H3,(H,30,31). The SMILES string of the molecule is Cc1cc(C)cc(-n2c(O)c(C=Nc3cccc(CCCC(=O)O)c3O)c3ccccc32)c1. The van der Waals surface area contributed by atoms with E-state index in [2.05, 4.69) is 11.1 Å². The highest BCUT2D eigenvalue weighted by atomic mass is 16.4. The van der Waals surface area contributed by atoms with Crippen molar-refractivity contribution < 1.29 is 20.1 Å². The van der Waals surface area contributed by atoms with E-state index in [0.29, 0.717) is 29.7 Å². The molecule has 33 heavy (non-hydrogen) atoms. The molecule has 0 amide bonds. The van der Waals surface area contributed by atoms with E-state index in [1.54, 1.807) is 29.0 Å². The average molecular weight is 443 g/mol. The van der Waals surface area contributed by atoms with Crippen molar-refractivity contribution >= 4 is 28.8 Å². The van der Waals surface area contributed by atoms with Crippen LogP contribution in [0.3, 0.4) is 0 Å². The lowest BCUT2D eigenvalue weighted by molar-refractivity contribution is -0.137. The van der Waals surface area contributed by atoms with Crippen LogP contribution in [0.1, 0.15) is 35.1 Å². The van der Waals surface area contributed by atoms with Gasteiger partial charge in [-0.05, 0) is 67.6 Å². The number of phenols is 1. The van der Waals surface area contributed by atoms with Gasteiger partial charge in [0.05, 0.1) is 11.1 Å². The molecule has 0 aliphatic carbocycles. The third kappa shape index (κ3) is 4.60. The van der Waals surface area contributed by atoms with Crippen LogP contribution < -0.4 is 0 Å². The molecule has 6 heteroatoms. The van der Waals surface area contributed by atoms with E-state index < -0.39 is 5.97 Å². The van der Waals surface area contributed by atoms with E-state index in [9.17, 15) is 15.0 Å². The molecule has 0 saturated carbocycles. The predicted molar refractivity (Wildman–Crippen MR) is 130 cm³/mol. The summed E-state index contributed by atoms with van der Waals surface area (Å²) in [6.45, 7) is 4.04. The molecule has 4 aromatic rings. The average Bonchev–Trinajstić information content (AvgIpc) is 3.04. The predicted octanol–water partition coefficient (Wildman–Crippen LogP) is 5.82. The molecule has 168 valence electrons. The van der Waals surface area contributed by atoms with Gasteiger partial charge in [0.1, 0.15) is 11.4 Å². The molecule has 4 rings (SSSR count). The molecule has 1 heterocycles. The Morgan fingerprint density at radius 2 is 1.73 bits per heavy atom. The van der Waals surface area contributed by atoms with E-state index in [0.717, 1.165) is 27.7 Å². The number of aromatic hydroxyl groups is 2. The van der Waals surface area contributed by atoms with E-state index in [-0.39, 0.29) is 18.1 Å². The van der Waals surface area contributed by atoms with E-state index in [4.69, 9.17) is 5.11 Å². The molecule has 0 aliphatic heterocycles. The van der Waals surface area contributed by atoms with E-state index in [1.165, 1.54) is 0 Å². The maximum absolute atomic E-state index is 11.2. The number of carboxylic acid groups (broad SMARTS) is 1. The van der Waals surface area contributed by atoms with Crippen molar-refractivity contribution in [1.82, 2.24) is 4.57 Å². The lowest BCUT2D eigenvalue weighted by Gasteiger charge is -2.09. The minimum absolute atomic E-state index is 0.0247. The van der Waals surface area contributed by atoms with Gasteiger partial charge in [-0.2, -0.15) is 0 Å². The zero-order valence-electron chi connectivity index (χ0n) is 18.6. The van der Waals surface area contributed by atoms with Gasteiger partial charge < -0.3 is 15.3 Å². The van der Waals surface area contributed by atoms with Crippen LogP contribution in [0.25, 0.3) is 16.6 Å². The number of hydrogen-bond donors (Lipinski definition) is 3. The maximum atomic E-state index is 11.2. The van der Waals surface area contributed by atoms with Crippen molar-refractivity contribution in [2.75, 3.05) is 0 Å². The molecule has 0 unspecified atom stereocenters. The summed E-state index contributed by atoms with van der Waals surface area (Å²) in [4.78, 5) is 15.2. The van der Waals surface area contributed by atoms with Gasteiger partial charge in [-0.15, -0.1) is 0 Å². The number of aliphatic carboxylic acids is 1. The zero-order valence-corrected chi connectivity index (χ0v) is 18.6. The fraction of sp³-hybridized carbons (Fsp3) is 0.185. The smallest absolute Gasteiger partial charge is 0.303 e. The summed E-state index contributed by atoms with van der Waals surface area (Å²) < 4.78 is 1.80. The van der Waals surface area contributed by atoms with Crippen LogP contribution >= 0.6 is 0 Å². The van der Waals surface area contributed by atoms with Gasteiger partial charge in [0.15, 0.2) is 0 Å². The first-order chi connectivity index (χ1) is 15.8. The number of aromatic nitrogens is 1. The number of phenolic OH excluding ortho intramolecular Hbond substituents is 1. The Balaban J connectivity index is 1.75. The molecular weight excluding hydrogens is 416 g/mol. The molecule has 1 aromatic heterocycles. The molecule has 0 atom stereocenters. The summed E-state index contributed by atoms with van der Waals surface area (Å²) >= 11 is 0. The molecule has 0 aliphatic rings. The van der Waals surface area contributed by atoms with Crippen molar-refractivity contribution in [3.05, 3.63) is 82.9 Å². The van der Waals surface area contributed by atoms with Gasteiger partial charge in [0.2, 0.25) is 5.88 Å². The first-order valence-electron chi connectivity index (χ1n) is 10.8. The molecular formula is C27H26N2O4. The molecule has 0 radical (unpaired) electrons. The van der Waals surface area contributed by atoms with Crippen LogP contribution in [0, 0.1) is 13.8 Å². The van der Waals surface area contributed by atoms with Crippen LogP contribution in [-0.4, -0.2) is 32.1 Å². The number of aliphatic imine (C=N–C) groups is 1. The van der Waals surface area contributed by atoms with Crippen LogP contribution in [0.4, 0.5) is 5.69 Å². The molecule has 0 fully saturated rings. The van der Waals surface area contributed by atoms with Crippen LogP contribution in [0.5, 0.6) is 11.6 Å². The highest BCUT2D eigenvalue weighted by Crippen LogP contribution is 2.35. The Morgan fingerprint density at radius 1 is 1.00 bits per heavy atom. The summed E-state index contributed by atoms with van der Waals surface area (Å²) in [5, 5.41) is 31.5. The maximum Gasteiger partial charge on any atom is 0.303 e. The first kappa shape index (κ1) is 22.1. The second-order valence-electron chi connectivity index (χ2n) is 8.23. The van der Waals surface area contributed by atoms with Gasteiger partial charge in [-0.1, -0.05) is 36.4 Å². The minimum Gasteiger partial charge on any atom is -0.505 e. The van der Waals surface area contributed by atoms with Gasteiger partial charge in [0, 0.05) is 23.7 Å². The number of benzene rings is 3. The summed E-state index contributed by atoms with van der Waals surface area (Å²) in [6, 6.07) is 19.1. The normalized spacial score (nSPS) is 11.5. The number of aryl methyl sites for hydroxylation is 3. The van der Waals surface area contributed by atoms with Crippen molar-refractivity contribution in [1.29, 1.82) is 0 Å². The second kappa shape index (κ2) is 9.20. The summed E-state index contributed by atoms with van der Waals surface area (Å²) in [6.07, 6.45) is 2.48. The number of carbonyl (C=O) groups is 1. The summed E-state index contributed by atoms with van der Waals surface area (Å²) in [5.74, 6) is -0.766. The van der Waals surface area contributed by atoms with E-state index in [1.807, 2.05) is 50.2 Å². The largest absolute Gasteiger partial charge is 0.505 e. The fourth-order valence-corrected chi connectivity index (χ4v) is 4.17. The minimum atomic E-state index is -0.862. The lowest BCUT2D eigenvalue weighted by Crippen LogP contribution is -1.96. The van der Waals surface area contributed by atoms with Crippen molar-refractivity contribution in [2.24, 2.45) is 4.99 Å². The first-order valence-corrected chi connectivity index (χ1v) is 10.8. The highest BCUT2D eigenvalue weighted by Gasteiger charge is 2.17. The van der Waals surface area contributed by atoms with Gasteiger partial charge in [0.25, 0.3) is 0 Å². The zero-order chi connectivity index (χ0) is 23.5. The third-order valence-electron chi connectivity index (χ3n) is 5.62. The summed E-state index contributed by atoms with van der Waals surface area (Å²) in [7, 11) is 0. The number of carboxylic acids is 1. The number of nitrogens with zero attached hydrogens (tertiary/aromatic N) is 2. The van der Waals surface area contributed by atoms with Crippen LogP contribution in [0.2, 0.25) is 0 Å². The molecule has 3 aromatic carbocycles. The molecule has 6 nitrogen and oxygen atoms in total. The lowest BCUT2D eigenvalue weighted by atomic mass is 10.1. The summed E-state index contributed by atoms with van der Waals surface area (Å²) in [5.41, 5.74) is 5.49. The molecule has 3 N–H and O–H groups in total. The molecule has 0 saturated heterocycles. The number of fused-ring (bicyclic) bond motifs is 1. The number of rotatable bonds is 7. The van der Waals surface area contributed by atoms with Crippen molar-refractivity contribution in [3.63, 3.8) is 0 Å². The third-order valence-corrected chi connectivity index (χ3v) is 5.62. The second-order valence-corrected chi connectivity index (χ2v) is 8.23.